The van der Waals surface area contributed by atoms with Crippen LogP contribution in [0.4, 0.5) is 0 Å². The van der Waals surface area contributed by atoms with Crippen molar-refractivity contribution in [2.75, 3.05) is 0 Å². The van der Waals surface area contributed by atoms with Crippen molar-refractivity contribution in [2.24, 2.45) is 0 Å². The zero-order valence-electron chi connectivity index (χ0n) is 18.5. The van der Waals surface area contributed by atoms with E-state index in [1.54, 1.807) is 22.3 Å². The maximum atomic E-state index is 13.0. The molecule has 5 aromatic rings. The molecule has 0 aliphatic heterocycles. The third-order valence-corrected chi connectivity index (χ3v) is 6.44. The van der Waals surface area contributed by atoms with Gasteiger partial charge in [-0.25, -0.2) is 4.68 Å². The molecule has 0 atom stereocenters. The van der Waals surface area contributed by atoms with Crippen LogP contribution in [0.2, 0.25) is 0 Å². The molecule has 0 aliphatic rings. The Morgan fingerprint density at radius 2 is 2.03 bits per heavy atom. The lowest BCUT2D eigenvalue weighted by Crippen LogP contribution is -2.28. The van der Waals surface area contributed by atoms with E-state index in [9.17, 15) is 4.79 Å². The maximum absolute atomic E-state index is 13.0. The maximum Gasteiger partial charge on any atom is 0.252 e. The number of furan rings is 1. The highest BCUT2D eigenvalue weighted by Crippen LogP contribution is 2.20. The van der Waals surface area contributed by atoms with Gasteiger partial charge in [-0.15, -0.1) is 16.4 Å². The number of nitrogens with zero attached hydrogens (tertiary/aromatic N) is 5. The highest BCUT2D eigenvalue weighted by Gasteiger charge is 2.17. The van der Waals surface area contributed by atoms with Gasteiger partial charge in [0, 0.05) is 23.5 Å². The summed E-state index contributed by atoms with van der Waals surface area (Å²) in [6.07, 6.45) is 1.64. The summed E-state index contributed by atoms with van der Waals surface area (Å²) in [6, 6.07) is 14.1. The van der Waals surface area contributed by atoms with Crippen LogP contribution in [0.15, 0.2) is 63.3 Å². The zero-order valence-corrected chi connectivity index (χ0v) is 19.3. The van der Waals surface area contributed by atoms with Gasteiger partial charge >= 0.3 is 0 Å². The molecule has 9 heteroatoms. The Morgan fingerprint density at radius 1 is 1.12 bits per heavy atom. The van der Waals surface area contributed by atoms with Gasteiger partial charge in [0.15, 0.2) is 5.82 Å². The molecule has 4 aromatic heterocycles. The predicted molar refractivity (Wildman–Crippen MR) is 127 cm³/mol. The quantitative estimate of drug-likeness (QED) is 0.376. The number of benzene rings is 1. The number of hydrogen-bond acceptors (Lipinski definition) is 7. The van der Waals surface area contributed by atoms with Gasteiger partial charge < -0.3 is 9.40 Å². The summed E-state index contributed by atoms with van der Waals surface area (Å²) in [7, 11) is 0. The first-order valence-corrected chi connectivity index (χ1v) is 11.6. The third kappa shape index (κ3) is 4.79. The lowest BCUT2D eigenvalue weighted by atomic mass is 10.1. The minimum Gasteiger partial charge on any atom is -0.467 e. The van der Waals surface area contributed by atoms with Crippen molar-refractivity contribution in [1.82, 2.24) is 30.1 Å². The molecule has 0 aliphatic carbocycles. The molecule has 0 amide bonds. The van der Waals surface area contributed by atoms with E-state index in [-0.39, 0.29) is 5.56 Å². The van der Waals surface area contributed by atoms with Crippen molar-refractivity contribution >= 4 is 22.2 Å². The smallest absolute Gasteiger partial charge is 0.252 e. The largest absolute Gasteiger partial charge is 0.467 e. The van der Waals surface area contributed by atoms with Crippen molar-refractivity contribution in [3.63, 3.8) is 0 Å². The van der Waals surface area contributed by atoms with Crippen LogP contribution in [0.5, 0.6) is 0 Å². The van der Waals surface area contributed by atoms with Crippen LogP contribution < -0.4 is 5.56 Å². The Labute approximate surface area is 194 Å². The lowest BCUT2D eigenvalue weighted by molar-refractivity contribution is 0.237. The fourth-order valence-corrected chi connectivity index (χ4v) is 4.84. The monoisotopic (exact) mass is 460 g/mol. The molecule has 8 nitrogen and oxygen atoms in total. The van der Waals surface area contributed by atoms with Gasteiger partial charge in [0.1, 0.15) is 12.3 Å². The van der Waals surface area contributed by atoms with Crippen LogP contribution in [-0.4, -0.2) is 30.1 Å². The number of fused-ring (bicyclic) bond motifs is 1. The van der Waals surface area contributed by atoms with Crippen molar-refractivity contribution in [1.29, 1.82) is 0 Å². The van der Waals surface area contributed by atoms with Crippen LogP contribution in [-0.2, 0) is 26.2 Å². The number of thiophene rings is 1. The highest BCUT2D eigenvalue weighted by molar-refractivity contribution is 7.09. The van der Waals surface area contributed by atoms with E-state index in [1.165, 1.54) is 10.4 Å². The number of aromatic nitrogens is 5. The average molecular weight is 461 g/mol. The van der Waals surface area contributed by atoms with Crippen LogP contribution in [0.1, 0.15) is 33.2 Å². The Bertz CT molecular complexity index is 1420. The number of tetrazole rings is 1. The molecule has 1 aromatic carbocycles. The van der Waals surface area contributed by atoms with Crippen molar-refractivity contribution in [2.45, 2.75) is 40.0 Å². The predicted octanol–water partition coefficient (Wildman–Crippen LogP) is 4.04. The van der Waals surface area contributed by atoms with Crippen molar-refractivity contribution in [3.8, 4) is 0 Å². The summed E-state index contributed by atoms with van der Waals surface area (Å²) in [6.45, 7) is 6.21. The van der Waals surface area contributed by atoms with Crippen LogP contribution >= 0.6 is 11.3 Å². The van der Waals surface area contributed by atoms with Gasteiger partial charge in [-0.2, -0.15) is 0 Å². The van der Waals surface area contributed by atoms with Gasteiger partial charge in [-0.3, -0.25) is 9.69 Å². The molecule has 5 rings (SSSR count). The van der Waals surface area contributed by atoms with Gasteiger partial charge in [-0.1, -0.05) is 17.7 Å². The van der Waals surface area contributed by atoms with Crippen molar-refractivity contribution < 1.29 is 4.42 Å². The molecule has 0 bridgehead atoms. The number of aromatic amines is 1. The Kier molecular flexibility index (Phi) is 5.89. The Morgan fingerprint density at radius 3 is 2.82 bits per heavy atom. The topological polar surface area (TPSA) is 92.8 Å². The van der Waals surface area contributed by atoms with E-state index in [0.29, 0.717) is 37.6 Å². The number of H-pyrrole nitrogens is 1. The Hall–Kier alpha value is -3.56. The highest BCUT2D eigenvalue weighted by atomic mass is 32.1. The number of hydrogen-bond donors (Lipinski definition) is 1. The second-order valence-electron chi connectivity index (χ2n) is 8.23. The molecule has 0 unspecified atom stereocenters. The summed E-state index contributed by atoms with van der Waals surface area (Å²) >= 11 is 1.69. The number of pyridine rings is 1. The lowest BCUT2D eigenvalue weighted by Gasteiger charge is -2.21. The molecule has 168 valence electrons. The van der Waals surface area contributed by atoms with E-state index >= 15 is 0 Å². The minimum absolute atomic E-state index is 0.0687. The van der Waals surface area contributed by atoms with E-state index in [1.807, 2.05) is 31.2 Å². The van der Waals surface area contributed by atoms with E-state index in [0.717, 1.165) is 22.2 Å². The van der Waals surface area contributed by atoms with E-state index in [4.69, 9.17) is 4.42 Å². The fourth-order valence-electron chi connectivity index (χ4n) is 4.09. The normalized spacial score (nSPS) is 11.6. The summed E-state index contributed by atoms with van der Waals surface area (Å²) in [5.41, 5.74) is 3.78. The molecule has 0 spiro atoms. The van der Waals surface area contributed by atoms with Gasteiger partial charge in [0.2, 0.25) is 0 Å². The fraction of sp³-hybridized carbons (Fsp3) is 0.250. The van der Waals surface area contributed by atoms with E-state index in [2.05, 4.69) is 55.9 Å². The van der Waals surface area contributed by atoms with Crippen LogP contribution in [0.25, 0.3) is 10.9 Å². The zero-order chi connectivity index (χ0) is 22.8. The summed E-state index contributed by atoms with van der Waals surface area (Å²) in [5, 5.41) is 15.3. The van der Waals surface area contributed by atoms with Crippen molar-refractivity contribution in [3.05, 3.63) is 97.6 Å². The molecular formula is C24H24N6O2S. The van der Waals surface area contributed by atoms with Gasteiger partial charge in [-0.05, 0) is 70.9 Å². The van der Waals surface area contributed by atoms with Gasteiger partial charge in [0.25, 0.3) is 5.56 Å². The molecular weight excluding hydrogens is 436 g/mol. The minimum atomic E-state index is -0.0687. The number of nitrogens with one attached hydrogen (secondary N) is 1. The number of rotatable bonds is 8. The first kappa shape index (κ1) is 21.3. The summed E-state index contributed by atoms with van der Waals surface area (Å²) in [5.74, 6) is 1.50. The first-order chi connectivity index (χ1) is 16.0. The van der Waals surface area contributed by atoms with Crippen LogP contribution in [0, 0.1) is 13.8 Å². The molecule has 0 saturated carbocycles. The second kappa shape index (κ2) is 9.13. The Balaban J connectivity index is 1.45. The molecule has 0 radical (unpaired) electrons. The molecule has 4 heterocycles. The SMILES string of the molecule is Cc1cc(C)c2[nH]c(=O)c(CN(Cc3cccs3)Cc3nnnn3Cc3ccco3)cc2c1. The standard InChI is InChI=1S/C24H24N6O2S/c1-16-9-17(2)23-18(10-16)11-19(24(31)25-23)12-29(14-21-6-4-8-33-21)15-22-26-27-28-30(22)13-20-5-3-7-32-20/h3-11H,12-15H2,1-2H3,(H,25,31). The third-order valence-electron chi connectivity index (χ3n) is 5.58. The van der Waals surface area contributed by atoms with Crippen LogP contribution in [0.3, 0.4) is 0 Å². The summed E-state index contributed by atoms with van der Waals surface area (Å²) in [4.78, 5) is 19.4. The molecule has 1 N–H and O–H groups in total. The molecule has 0 saturated heterocycles. The average Bonchev–Trinajstić information content (AvgIpc) is 3.54. The van der Waals surface area contributed by atoms with Gasteiger partial charge in [0.05, 0.1) is 18.3 Å². The first-order valence-electron chi connectivity index (χ1n) is 10.7. The summed E-state index contributed by atoms with van der Waals surface area (Å²) < 4.78 is 7.18. The molecule has 33 heavy (non-hydrogen) atoms. The second-order valence-corrected chi connectivity index (χ2v) is 9.26. The number of aryl methyl sites for hydroxylation is 2. The van der Waals surface area contributed by atoms with E-state index < -0.39 is 0 Å². The molecule has 0 fully saturated rings.